The molecule has 2 aliphatic rings. The minimum Gasteiger partial charge on any atom is -0.339 e. The lowest BCUT2D eigenvalue weighted by Gasteiger charge is -2.22. The van der Waals surface area contributed by atoms with Gasteiger partial charge in [-0.2, -0.15) is 5.10 Å². The Morgan fingerprint density at radius 3 is 2.77 bits per heavy atom. The molecule has 2 saturated heterocycles. The zero-order valence-corrected chi connectivity index (χ0v) is 17.3. The Morgan fingerprint density at radius 2 is 2.00 bits per heavy atom. The van der Waals surface area contributed by atoms with Gasteiger partial charge in [0.05, 0.1) is 29.8 Å². The number of nitrogens with one attached hydrogen (secondary N) is 5. The lowest BCUT2D eigenvalue weighted by atomic mass is 9.97. The number of carbonyl (C=O) groups is 1. The van der Waals surface area contributed by atoms with E-state index in [-0.39, 0.29) is 23.9 Å². The molecule has 2 aliphatic heterocycles. The molecule has 158 valence electrons. The molecule has 0 bridgehead atoms. The van der Waals surface area contributed by atoms with Crippen LogP contribution in [-0.4, -0.2) is 50.8 Å². The summed E-state index contributed by atoms with van der Waals surface area (Å²) >= 11 is 0. The Morgan fingerprint density at radius 1 is 1.17 bits per heavy atom. The van der Waals surface area contributed by atoms with E-state index in [1.165, 1.54) is 0 Å². The van der Waals surface area contributed by atoms with Crippen LogP contribution in [0.1, 0.15) is 32.7 Å². The molecule has 0 spiro atoms. The van der Waals surface area contributed by atoms with Crippen LogP contribution in [0.2, 0.25) is 0 Å². The number of H-pyrrole nitrogens is 1. The number of pyridine rings is 1. The summed E-state index contributed by atoms with van der Waals surface area (Å²) in [6.45, 7) is 6.20. The topological polar surface area (TPSA) is 112 Å². The van der Waals surface area contributed by atoms with Crippen LogP contribution in [0.3, 0.4) is 0 Å². The zero-order valence-electron chi connectivity index (χ0n) is 17.3. The highest BCUT2D eigenvalue weighted by Crippen LogP contribution is 2.27. The van der Waals surface area contributed by atoms with Crippen molar-refractivity contribution in [2.24, 2.45) is 5.92 Å². The van der Waals surface area contributed by atoms with E-state index in [1.807, 2.05) is 12.3 Å². The fourth-order valence-corrected chi connectivity index (χ4v) is 4.28. The van der Waals surface area contributed by atoms with Crippen molar-refractivity contribution in [1.82, 2.24) is 35.9 Å². The molecule has 9 nitrogen and oxygen atoms in total. The van der Waals surface area contributed by atoms with Crippen molar-refractivity contribution >= 4 is 22.6 Å². The van der Waals surface area contributed by atoms with Gasteiger partial charge >= 0.3 is 0 Å². The Kier molecular flexibility index (Phi) is 5.01. The molecule has 0 radical (unpaired) electrons. The van der Waals surface area contributed by atoms with E-state index >= 15 is 0 Å². The van der Waals surface area contributed by atoms with Gasteiger partial charge in [-0.1, -0.05) is 6.92 Å². The van der Waals surface area contributed by atoms with Crippen molar-refractivity contribution in [2.45, 2.75) is 44.8 Å². The summed E-state index contributed by atoms with van der Waals surface area (Å²) < 4.78 is 2.07. The van der Waals surface area contributed by atoms with Crippen molar-refractivity contribution in [3.8, 4) is 11.3 Å². The standard InChI is InChI=1S/C21H28N8O/c1-12-13(2)27-28-19(12)21(30)25-16-7-14-8-18(26-20(14)23-10-16)15-9-24-29(11-15)17-3-5-22-6-4-17/h7-13,17,19,22,27-28H,3-6H2,1-2H3,(H,23,26)(H,25,30). The minimum absolute atomic E-state index is 0.0560. The number of anilines is 1. The fraction of sp³-hybridized carbons (Fsp3) is 0.476. The van der Waals surface area contributed by atoms with Crippen molar-refractivity contribution in [3.05, 3.63) is 30.7 Å². The second-order valence-electron chi connectivity index (χ2n) is 8.44. The van der Waals surface area contributed by atoms with E-state index in [9.17, 15) is 4.79 Å². The number of hydrogen-bond acceptors (Lipinski definition) is 6. The summed E-state index contributed by atoms with van der Waals surface area (Å²) in [6.07, 6.45) is 7.89. The number of nitrogens with zero attached hydrogens (tertiary/aromatic N) is 3. The molecule has 0 aromatic carbocycles. The molecule has 3 aromatic rings. The van der Waals surface area contributed by atoms with E-state index in [4.69, 9.17) is 0 Å². The van der Waals surface area contributed by atoms with Gasteiger partial charge < -0.3 is 15.6 Å². The Balaban J connectivity index is 1.33. The summed E-state index contributed by atoms with van der Waals surface area (Å²) in [5.41, 5.74) is 9.69. The summed E-state index contributed by atoms with van der Waals surface area (Å²) in [7, 11) is 0. The van der Waals surface area contributed by atoms with Crippen molar-refractivity contribution in [2.75, 3.05) is 18.4 Å². The van der Waals surface area contributed by atoms with Crippen molar-refractivity contribution in [1.29, 1.82) is 0 Å². The van der Waals surface area contributed by atoms with Gasteiger partial charge in [-0.25, -0.2) is 10.4 Å². The summed E-state index contributed by atoms with van der Waals surface area (Å²) in [4.78, 5) is 20.5. The molecule has 30 heavy (non-hydrogen) atoms. The number of hydrazine groups is 1. The largest absolute Gasteiger partial charge is 0.339 e. The lowest BCUT2D eigenvalue weighted by molar-refractivity contribution is -0.118. The average Bonchev–Trinajstić information content (AvgIpc) is 3.47. The molecule has 5 heterocycles. The zero-order chi connectivity index (χ0) is 20.7. The highest BCUT2D eigenvalue weighted by molar-refractivity contribution is 5.97. The molecule has 0 aliphatic carbocycles. The molecule has 9 heteroatoms. The van der Waals surface area contributed by atoms with E-state index in [1.54, 1.807) is 6.20 Å². The monoisotopic (exact) mass is 408 g/mol. The predicted octanol–water partition coefficient (Wildman–Crippen LogP) is 1.79. The molecule has 5 N–H and O–H groups in total. The molecule has 0 saturated carbocycles. The third-order valence-corrected chi connectivity index (χ3v) is 6.40. The quantitative estimate of drug-likeness (QED) is 0.450. The second-order valence-corrected chi connectivity index (χ2v) is 8.44. The first kappa shape index (κ1) is 19.2. The van der Waals surface area contributed by atoms with Crippen LogP contribution in [-0.2, 0) is 4.79 Å². The second kappa shape index (κ2) is 7.82. The third kappa shape index (κ3) is 3.60. The number of aromatic amines is 1. The first-order chi connectivity index (χ1) is 14.6. The number of piperidine rings is 1. The maximum Gasteiger partial charge on any atom is 0.243 e. The molecular weight excluding hydrogens is 380 g/mol. The van der Waals surface area contributed by atoms with Crippen LogP contribution in [0.15, 0.2) is 30.7 Å². The number of aromatic nitrogens is 4. The van der Waals surface area contributed by atoms with Gasteiger partial charge in [-0.3, -0.25) is 14.9 Å². The number of carbonyl (C=O) groups excluding carboxylic acids is 1. The number of rotatable bonds is 4. The molecule has 5 rings (SSSR count). The van der Waals surface area contributed by atoms with Crippen molar-refractivity contribution < 1.29 is 4.79 Å². The molecule has 3 unspecified atom stereocenters. The van der Waals surface area contributed by atoms with Gasteiger partial charge in [-0.05, 0) is 50.9 Å². The highest BCUT2D eigenvalue weighted by atomic mass is 16.2. The van der Waals surface area contributed by atoms with E-state index in [2.05, 4.69) is 67.3 Å². The number of hydrogen-bond donors (Lipinski definition) is 5. The molecule has 3 atom stereocenters. The molecule has 2 fully saturated rings. The van der Waals surface area contributed by atoms with Crippen molar-refractivity contribution in [3.63, 3.8) is 0 Å². The maximum atomic E-state index is 12.6. The first-order valence-corrected chi connectivity index (χ1v) is 10.6. The van der Waals surface area contributed by atoms with Gasteiger partial charge in [0.15, 0.2) is 0 Å². The fourth-order valence-electron chi connectivity index (χ4n) is 4.28. The smallest absolute Gasteiger partial charge is 0.243 e. The third-order valence-electron chi connectivity index (χ3n) is 6.40. The Hall–Kier alpha value is -2.75. The van der Waals surface area contributed by atoms with Crippen LogP contribution in [0.5, 0.6) is 0 Å². The van der Waals surface area contributed by atoms with E-state index in [0.717, 1.165) is 48.2 Å². The normalized spacial score (nSPS) is 25.1. The van der Waals surface area contributed by atoms with Gasteiger partial charge in [0, 0.05) is 23.2 Å². The van der Waals surface area contributed by atoms with Crippen LogP contribution in [0, 0.1) is 5.92 Å². The number of fused-ring (bicyclic) bond motifs is 1. The summed E-state index contributed by atoms with van der Waals surface area (Å²) in [5.74, 6) is 0.150. The summed E-state index contributed by atoms with van der Waals surface area (Å²) in [5, 5.41) is 11.9. The van der Waals surface area contributed by atoms with Gasteiger partial charge in [0.25, 0.3) is 0 Å². The van der Waals surface area contributed by atoms with Crippen LogP contribution < -0.4 is 21.5 Å². The first-order valence-electron chi connectivity index (χ1n) is 10.6. The van der Waals surface area contributed by atoms with E-state index in [0.29, 0.717) is 11.7 Å². The van der Waals surface area contributed by atoms with Crippen LogP contribution >= 0.6 is 0 Å². The molecule has 3 aromatic heterocycles. The van der Waals surface area contributed by atoms with Gasteiger partial charge in [-0.15, -0.1) is 0 Å². The lowest BCUT2D eigenvalue weighted by Crippen LogP contribution is -2.41. The molecule has 1 amide bonds. The highest BCUT2D eigenvalue weighted by Gasteiger charge is 2.34. The van der Waals surface area contributed by atoms with Crippen LogP contribution in [0.4, 0.5) is 5.69 Å². The van der Waals surface area contributed by atoms with E-state index < -0.39 is 0 Å². The maximum absolute atomic E-state index is 12.6. The summed E-state index contributed by atoms with van der Waals surface area (Å²) in [6, 6.07) is 4.45. The number of amides is 1. The van der Waals surface area contributed by atoms with Gasteiger partial charge in [0.1, 0.15) is 11.7 Å². The predicted molar refractivity (Wildman–Crippen MR) is 116 cm³/mol. The average molecular weight is 409 g/mol. The van der Waals surface area contributed by atoms with Crippen LogP contribution in [0.25, 0.3) is 22.3 Å². The molecular formula is C21H28N8O. The Bertz CT molecular complexity index is 1050. The minimum atomic E-state index is -0.265. The Labute approximate surface area is 175 Å². The van der Waals surface area contributed by atoms with Gasteiger partial charge in [0.2, 0.25) is 5.91 Å². The SMILES string of the molecule is CC1NNC(C(=O)Nc2cnc3[nH]c(-c4cnn(C5CCNCC5)c4)cc3c2)C1C.